The summed E-state index contributed by atoms with van der Waals surface area (Å²) in [6, 6.07) is 0. The molecule has 0 atom stereocenters. The minimum absolute atomic E-state index is 0.0608. The number of carbonyl (C=O) groups excluding carboxylic acids is 4. The van der Waals surface area contributed by atoms with E-state index in [4.69, 9.17) is 14.2 Å². The van der Waals surface area contributed by atoms with Crippen LogP contribution in [0.4, 0.5) is 4.79 Å². The van der Waals surface area contributed by atoms with Crippen LogP contribution in [0.2, 0.25) is 0 Å². The van der Waals surface area contributed by atoms with Gasteiger partial charge in [0.1, 0.15) is 5.78 Å². The summed E-state index contributed by atoms with van der Waals surface area (Å²) < 4.78 is 19.1. The topological polar surface area (TPSA) is 105 Å². The van der Waals surface area contributed by atoms with E-state index in [1.807, 2.05) is 0 Å². The first-order chi connectivity index (χ1) is 11.5. The van der Waals surface area contributed by atoms with Crippen LogP contribution in [0.1, 0.15) is 52.4 Å². The van der Waals surface area contributed by atoms with Crippen molar-refractivity contribution in [2.45, 2.75) is 52.4 Å². The number of hydrogen-bond donors (Lipinski definition) is 0. The van der Waals surface area contributed by atoms with Gasteiger partial charge in [-0.25, -0.2) is 4.79 Å². The Morgan fingerprint density at radius 2 is 1.12 bits per heavy atom. The van der Waals surface area contributed by atoms with Crippen LogP contribution in [0.3, 0.4) is 0 Å². The highest BCUT2D eigenvalue weighted by Gasteiger charge is 2.07. The zero-order valence-corrected chi connectivity index (χ0v) is 14.3. The van der Waals surface area contributed by atoms with Gasteiger partial charge < -0.3 is 23.7 Å². The van der Waals surface area contributed by atoms with Crippen molar-refractivity contribution in [2.24, 2.45) is 0 Å². The lowest BCUT2D eigenvalue weighted by Crippen LogP contribution is -2.12. The quantitative estimate of drug-likeness (QED) is 0.284. The van der Waals surface area contributed by atoms with Crippen LogP contribution in [-0.4, -0.2) is 50.3 Å². The van der Waals surface area contributed by atoms with Gasteiger partial charge in [-0.3, -0.25) is 9.59 Å². The Morgan fingerprint density at radius 3 is 1.58 bits per heavy atom. The first-order valence-electron chi connectivity index (χ1n) is 8.06. The molecular formula is C16H26O8. The molecule has 0 spiro atoms. The van der Waals surface area contributed by atoms with E-state index in [2.05, 4.69) is 4.74 Å². The van der Waals surface area contributed by atoms with E-state index in [9.17, 15) is 19.2 Å². The normalized spacial score (nSPS) is 9.92. The van der Waals surface area contributed by atoms with Crippen molar-refractivity contribution in [3.8, 4) is 0 Å². The summed E-state index contributed by atoms with van der Waals surface area (Å²) in [5.41, 5.74) is 0. The third kappa shape index (κ3) is 14.8. The summed E-state index contributed by atoms with van der Waals surface area (Å²) in [7, 11) is 0. The van der Waals surface area contributed by atoms with Gasteiger partial charge in [0.15, 0.2) is 0 Å². The Balaban J connectivity index is 3.46. The second-order valence-electron chi connectivity index (χ2n) is 4.99. The highest BCUT2D eigenvalue weighted by molar-refractivity contribution is 5.75. The molecule has 0 fully saturated rings. The second-order valence-corrected chi connectivity index (χ2v) is 4.99. The van der Waals surface area contributed by atoms with E-state index in [1.165, 1.54) is 6.92 Å². The van der Waals surface area contributed by atoms with Crippen molar-refractivity contribution in [1.29, 1.82) is 0 Å². The van der Waals surface area contributed by atoms with Gasteiger partial charge in [0.05, 0.1) is 26.4 Å². The fourth-order valence-corrected chi connectivity index (χ4v) is 1.59. The number of carbonyl (C=O) groups is 4. The van der Waals surface area contributed by atoms with E-state index in [1.54, 1.807) is 6.92 Å². The Hall–Kier alpha value is -2.12. The summed E-state index contributed by atoms with van der Waals surface area (Å²) in [4.78, 5) is 44.3. The van der Waals surface area contributed by atoms with Crippen LogP contribution in [-0.2, 0) is 33.3 Å². The maximum atomic E-state index is 11.4. The average Bonchev–Trinajstić information content (AvgIpc) is 2.52. The smallest absolute Gasteiger partial charge is 0.466 e. The van der Waals surface area contributed by atoms with Gasteiger partial charge in [-0.2, -0.15) is 0 Å². The van der Waals surface area contributed by atoms with Crippen molar-refractivity contribution < 1.29 is 38.1 Å². The fourth-order valence-electron chi connectivity index (χ4n) is 1.59. The average molecular weight is 346 g/mol. The fraction of sp³-hybridized carbons (Fsp3) is 0.750. The lowest BCUT2D eigenvalue weighted by molar-refractivity contribution is -0.148. The molecular weight excluding hydrogens is 320 g/mol. The summed E-state index contributed by atoms with van der Waals surface area (Å²) in [5.74, 6) is -0.736. The molecule has 8 nitrogen and oxygen atoms in total. The monoisotopic (exact) mass is 346 g/mol. The van der Waals surface area contributed by atoms with E-state index in [0.717, 1.165) is 0 Å². The van der Waals surface area contributed by atoms with Crippen molar-refractivity contribution in [2.75, 3.05) is 26.4 Å². The number of ether oxygens (including phenoxy) is 4. The molecule has 0 saturated heterocycles. The standard InChI is InChI=1S/C16H26O8/c1-3-21-16(20)24-12-6-9-15(19)23-11-5-8-14(18)22-10-4-7-13(2)17/h3-12H2,1-2H3. The van der Waals surface area contributed by atoms with Crippen molar-refractivity contribution >= 4 is 23.9 Å². The molecule has 0 aliphatic rings. The van der Waals surface area contributed by atoms with E-state index in [0.29, 0.717) is 25.7 Å². The molecule has 0 aromatic rings. The molecule has 0 amide bonds. The van der Waals surface area contributed by atoms with Crippen LogP contribution in [0.25, 0.3) is 0 Å². The second kappa shape index (κ2) is 14.5. The molecule has 138 valence electrons. The van der Waals surface area contributed by atoms with Gasteiger partial charge in [-0.05, 0) is 33.1 Å². The van der Waals surface area contributed by atoms with Crippen LogP contribution in [0.15, 0.2) is 0 Å². The first-order valence-corrected chi connectivity index (χ1v) is 8.06. The minimum atomic E-state index is -0.757. The number of ketones is 1. The van der Waals surface area contributed by atoms with Crippen molar-refractivity contribution in [1.82, 2.24) is 0 Å². The number of rotatable bonds is 13. The van der Waals surface area contributed by atoms with Gasteiger partial charge in [-0.15, -0.1) is 0 Å². The van der Waals surface area contributed by atoms with Crippen LogP contribution < -0.4 is 0 Å². The molecule has 0 saturated carbocycles. The molecule has 8 heteroatoms. The van der Waals surface area contributed by atoms with Gasteiger partial charge >= 0.3 is 18.1 Å². The summed E-state index contributed by atoms with van der Waals surface area (Å²) >= 11 is 0. The Bertz CT molecular complexity index is 405. The third-order valence-corrected chi connectivity index (χ3v) is 2.73. The van der Waals surface area contributed by atoms with Crippen molar-refractivity contribution in [3.63, 3.8) is 0 Å². The Labute approximate surface area is 141 Å². The summed E-state index contributed by atoms with van der Waals surface area (Å²) in [6.45, 7) is 3.82. The number of esters is 2. The van der Waals surface area contributed by atoms with E-state index < -0.39 is 12.1 Å². The molecule has 0 rings (SSSR count). The predicted molar refractivity (Wildman–Crippen MR) is 83.3 cm³/mol. The molecule has 0 radical (unpaired) electrons. The first kappa shape index (κ1) is 21.9. The van der Waals surface area contributed by atoms with Gasteiger partial charge in [-0.1, -0.05) is 0 Å². The van der Waals surface area contributed by atoms with E-state index in [-0.39, 0.29) is 51.0 Å². The summed E-state index contributed by atoms with van der Waals surface area (Å²) in [5, 5.41) is 0. The minimum Gasteiger partial charge on any atom is -0.466 e. The lowest BCUT2D eigenvalue weighted by Gasteiger charge is -2.06. The Kier molecular flexibility index (Phi) is 13.2. The number of hydrogen-bond acceptors (Lipinski definition) is 8. The predicted octanol–water partition coefficient (Wildman–Crippen LogP) is 2.18. The highest BCUT2D eigenvalue weighted by atomic mass is 16.7. The molecule has 0 aromatic heterocycles. The van der Waals surface area contributed by atoms with Crippen molar-refractivity contribution in [3.05, 3.63) is 0 Å². The SMILES string of the molecule is CCOC(=O)OCCCC(=O)OCCCC(=O)OCCCC(C)=O. The molecule has 0 N–H and O–H groups in total. The van der Waals surface area contributed by atoms with Gasteiger partial charge in [0.25, 0.3) is 0 Å². The Morgan fingerprint density at radius 1 is 0.667 bits per heavy atom. The summed E-state index contributed by atoms with van der Waals surface area (Å²) in [6.07, 6.45) is 1.14. The maximum absolute atomic E-state index is 11.4. The molecule has 0 bridgehead atoms. The zero-order valence-electron chi connectivity index (χ0n) is 14.3. The largest absolute Gasteiger partial charge is 0.508 e. The molecule has 0 unspecified atom stereocenters. The molecule has 0 heterocycles. The molecule has 0 aliphatic heterocycles. The molecule has 0 aliphatic carbocycles. The highest BCUT2D eigenvalue weighted by Crippen LogP contribution is 2.00. The zero-order chi connectivity index (χ0) is 18.2. The molecule has 0 aromatic carbocycles. The van der Waals surface area contributed by atoms with Crippen LogP contribution in [0.5, 0.6) is 0 Å². The van der Waals surface area contributed by atoms with Gasteiger partial charge in [0, 0.05) is 19.3 Å². The maximum Gasteiger partial charge on any atom is 0.508 e. The molecule has 24 heavy (non-hydrogen) atoms. The third-order valence-electron chi connectivity index (χ3n) is 2.73. The van der Waals surface area contributed by atoms with E-state index >= 15 is 0 Å². The lowest BCUT2D eigenvalue weighted by atomic mass is 10.2. The van der Waals surface area contributed by atoms with Crippen LogP contribution in [0, 0.1) is 0 Å². The number of Topliss-reactive ketones (excluding diaryl/α,β-unsaturated/α-hetero) is 1. The van der Waals surface area contributed by atoms with Crippen LogP contribution >= 0.6 is 0 Å². The van der Waals surface area contributed by atoms with Gasteiger partial charge in [0.2, 0.25) is 0 Å².